The second kappa shape index (κ2) is 5.52. The third-order valence-corrected chi connectivity index (χ3v) is 3.25. The molecule has 1 aliphatic rings. The van der Waals surface area contributed by atoms with Crippen LogP contribution in [0.15, 0.2) is 36.4 Å². The molecule has 0 radical (unpaired) electrons. The summed E-state index contributed by atoms with van der Waals surface area (Å²) in [5.74, 6) is -1.18. The van der Waals surface area contributed by atoms with Crippen molar-refractivity contribution < 1.29 is 23.0 Å². The summed E-state index contributed by atoms with van der Waals surface area (Å²) in [6.07, 6.45) is -0.205. The first-order valence-electron chi connectivity index (χ1n) is 6.51. The molecule has 0 unspecified atom stereocenters. The number of ketones is 1. The van der Waals surface area contributed by atoms with Gasteiger partial charge in [0.25, 0.3) is 0 Å². The van der Waals surface area contributed by atoms with Crippen LogP contribution in [0, 0.1) is 11.6 Å². The Morgan fingerprint density at radius 1 is 1.05 bits per heavy atom. The summed E-state index contributed by atoms with van der Waals surface area (Å²) in [6, 6.07) is 8.59. The number of hydrogen-bond donors (Lipinski definition) is 0. The molecule has 1 aliphatic heterocycles. The normalized spacial score (nSPS) is 13.0. The average Bonchev–Trinajstić information content (AvgIpc) is 2.51. The highest BCUT2D eigenvalue weighted by molar-refractivity contribution is 5.98. The van der Waals surface area contributed by atoms with E-state index in [2.05, 4.69) is 0 Å². The van der Waals surface area contributed by atoms with Gasteiger partial charge in [-0.05, 0) is 29.8 Å². The molecule has 3 nitrogen and oxygen atoms in total. The van der Waals surface area contributed by atoms with Crippen molar-refractivity contribution in [2.45, 2.75) is 6.42 Å². The van der Waals surface area contributed by atoms with Crippen molar-refractivity contribution in [3.05, 3.63) is 59.2 Å². The molecule has 0 saturated carbocycles. The van der Waals surface area contributed by atoms with Gasteiger partial charge in [0.1, 0.15) is 13.2 Å². The fourth-order valence-corrected chi connectivity index (χ4v) is 2.18. The quantitative estimate of drug-likeness (QED) is 0.815. The van der Waals surface area contributed by atoms with Crippen LogP contribution in [0.5, 0.6) is 11.5 Å². The summed E-state index contributed by atoms with van der Waals surface area (Å²) in [5, 5.41) is 0. The van der Waals surface area contributed by atoms with E-state index in [0.717, 1.165) is 6.07 Å². The average molecular weight is 290 g/mol. The zero-order chi connectivity index (χ0) is 14.8. The van der Waals surface area contributed by atoms with E-state index < -0.39 is 11.6 Å². The molecule has 5 heteroatoms. The summed E-state index contributed by atoms with van der Waals surface area (Å²) in [6.45, 7) is 0.887. The maximum absolute atomic E-state index is 13.6. The lowest BCUT2D eigenvalue weighted by Gasteiger charge is -2.18. The number of rotatable bonds is 3. The lowest BCUT2D eigenvalue weighted by molar-refractivity contribution is 0.0990. The Morgan fingerprint density at radius 2 is 1.81 bits per heavy atom. The van der Waals surface area contributed by atoms with Gasteiger partial charge >= 0.3 is 0 Å². The largest absolute Gasteiger partial charge is 0.486 e. The van der Waals surface area contributed by atoms with E-state index in [1.807, 2.05) is 0 Å². The van der Waals surface area contributed by atoms with Gasteiger partial charge in [-0.25, -0.2) is 8.78 Å². The van der Waals surface area contributed by atoms with Gasteiger partial charge in [0.05, 0.1) is 0 Å². The molecule has 0 fully saturated rings. The van der Waals surface area contributed by atoms with Crippen molar-refractivity contribution in [1.29, 1.82) is 0 Å². The lowest BCUT2D eigenvalue weighted by atomic mass is 10.0. The van der Waals surface area contributed by atoms with E-state index in [4.69, 9.17) is 9.47 Å². The monoisotopic (exact) mass is 290 g/mol. The van der Waals surface area contributed by atoms with Gasteiger partial charge in [-0.2, -0.15) is 0 Å². The van der Waals surface area contributed by atoms with Gasteiger partial charge < -0.3 is 9.47 Å². The molecule has 1 heterocycles. The van der Waals surface area contributed by atoms with E-state index in [0.29, 0.717) is 30.3 Å². The van der Waals surface area contributed by atoms with E-state index in [9.17, 15) is 13.6 Å². The zero-order valence-corrected chi connectivity index (χ0v) is 11.1. The minimum atomic E-state index is -0.983. The van der Waals surface area contributed by atoms with Crippen LogP contribution in [-0.2, 0) is 6.42 Å². The molecule has 0 N–H and O–H groups in total. The third kappa shape index (κ3) is 2.72. The first-order valence-corrected chi connectivity index (χ1v) is 6.51. The minimum Gasteiger partial charge on any atom is -0.486 e. The van der Waals surface area contributed by atoms with Crippen LogP contribution in [-0.4, -0.2) is 19.0 Å². The summed E-state index contributed by atoms with van der Waals surface area (Å²) < 4.78 is 37.5. The molecule has 21 heavy (non-hydrogen) atoms. The van der Waals surface area contributed by atoms with Gasteiger partial charge in [0.15, 0.2) is 28.9 Å². The van der Waals surface area contributed by atoms with Crippen molar-refractivity contribution in [1.82, 2.24) is 0 Å². The first kappa shape index (κ1) is 13.5. The second-order valence-electron chi connectivity index (χ2n) is 4.67. The van der Waals surface area contributed by atoms with Gasteiger partial charge in [-0.15, -0.1) is 0 Å². The molecule has 3 rings (SSSR count). The Labute approximate surface area is 120 Å². The molecule has 0 saturated heterocycles. The zero-order valence-electron chi connectivity index (χ0n) is 11.1. The van der Waals surface area contributed by atoms with Gasteiger partial charge in [0.2, 0.25) is 0 Å². The Hall–Kier alpha value is -2.43. The SMILES string of the molecule is O=C(Cc1cccc(F)c1F)c1ccc2c(c1)OCCO2. The Bertz CT molecular complexity index is 698. The summed E-state index contributed by atoms with van der Waals surface area (Å²) in [4.78, 5) is 12.2. The summed E-state index contributed by atoms with van der Waals surface area (Å²) in [5.41, 5.74) is 0.415. The van der Waals surface area contributed by atoms with Crippen molar-refractivity contribution in [2.24, 2.45) is 0 Å². The molecule has 0 atom stereocenters. The second-order valence-corrected chi connectivity index (χ2v) is 4.67. The number of carbonyl (C=O) groups excluding carboxylic acids is 1. The summed E-state index contributed by atoms with van der Waals surface area (Å²) in [7, 11) is 0. The van der Waals surface area contributed by atoms with Crippen LogP contribution < -0.4 is 9.47 Å². The predicted molar refractivity (Wildman–Crippen MR) is 71.8 cm³/mol. The van der Waals surface area contributed by atoms with Crippen LogP contribution >= 0.6 is 0 Å². The molecule has 2 aromatic rings. The maximum atomic E-state index is 13.6. The molecule has 0 amide bonds. The highest BCUT2D eigenvalue weighted by Crippen LogP contribution is 2.31. The van der Waals surface area contributed by atoms with Crippen LogP contribution in [0.4, 0.5) is 8.78 Å². The topological polar surface area (TPSA) is 35.5 Å². The van der Waals surface area contributed by atoms with Gasteiger partial charge in [-0.3, -0.25) is 4.79 Å². The molecular weight excluding hydrogens is 278 g/mol. The van der Waals surface area contributed by atoms with Crippen LogP contribution in [0.2, 0.25) is 0 Å². The number of Topliss-reactive ketones (excluding diaryl/α,β-unsaturated/α-hetero) is 1. The molecule has 0 aromatic heterocycles. The van der Waals surface area contributed by atoms with E-state index in [-0.39, 0.29) is 17.8 Å². The number of hydrogen-bond acceptors (Lipinski definition) is 3. The lowest BCUT2D eigenvalue weighted by Crippen LogP contribution is -2.16. The number of halogens is 2. The van der Waals surface area contributed by atoms with Gasteiger partial charge in [0, 0.05) is 12.0 Å². The molecule has 2 aromatic carbocycles. The number of fused-ring (bicyclic) bond motifs is 1. The van der Waals surface area contributed by atoms with Crippen LogP contribution in [0.25, 0.3) is 0 Å². The standard InChI is InChI=1S/C16H12F2O3/c17-12-3-1-2-11(16(12)18)8-13(19)10-4-5-14-15(9-10)21-7-6-20-14/h1-5,9H,6-8H2. The van der Waals surface area contributed by atoms with Crippen LogP contribution in [0.1, 0.15) is 15.9 Å². The molecule has 0 bridgehead atoms. The number of benzene rings is 2. The predicted octanol–water partition coefficient (Wildman–Crippen LogP) is 3.16. The third-order valence-electron chi connectivity index (χ3n) is 3.25. The van der Waals surface area contributed by atoms with Gasteiger partial charge in [-0.1, -0.05) is 12.1 Å². The Morgan fingerprint density at radius 3 is 2.62 bits per heavy atom. The van der Waals surface area contributed by atoms with Crippen molar-refractivity contribution in [2.75, 3.05) is 13.2 Å². The molecule has 0 aliphatic carbocycles. The first-order chi connectivity index (χ1) is 10.1. The minimum absolute atomic E-state index is 0.0369. The number of carbonyl (C=O) groups is 1. The molecule has 0 spiro atoms. The van der Waals surface area contributed by atoms with E-state index in [1.54, 1.807) is 18.2 Å². The highest BCUT2D eigenvalue weighted by Gasteiger charge is 2.17. The maximum Gasteiger partial charge on any atom is 0.167 e. The van der Waals surface area contributed by atoms with Crippen molar-refractivity contribution >= 4 is 5.78 Å². The smallest absolute Gasteiger partial charge is 0.167 e. The fraction of sp³-hybridized carbons (Fsp3) is 0.188. The number of ether oxygens (including phenoxy) is 2. The van der Waals surface area contributed by atoms with E-state index >= 15 is 0 Å². The highest BCUT2D eigenvalue weighted by atomic mass is 19.2. The molecule has 108 valence electrons. The Kier molecular flexibility index (Phi) is 3.56. The van der Waals surface area contributed by atoms with Crippen LogP contribution in [0.3, 0.4) is 0 Å². The Balaban J connectivity index is 1.84. The molecular formula is C16H12F2O3. The van der Waals surface area contributed by atoms with E-state index in [1.165, 1.54) is 12.1 Å². The fourth-order valence-electron chi connectivity index (χ4n) is 2.18. The summed E-state index contributed by atoms with van der Waals surface area (Å²) >= 11 is 0. The van der Waals surface area contributed by atoms with Crippen molar-refractivity contribution in [3.8, 4) is 11.5 Å². The van der Waals surface area contributed by atoms with Crippen molar-refractivity contribution in [3.63, 3.8) is 0 Å².